The number of unbranched alkanes of at least 4 members (excludes halogenated alkanes) is 1. The monoisotopic (exact) mass is 837 g/mol. The first-order valence-electron chi connectivity index (χ1n) is 22.3. The molecule has 2 heterocycles. The molecule has 2 aliphatic heterocycles. The van der Waals surface area contributed by atoms with E-state index in [-0.39, 0.29) is 83.2 Å². The minimum atomic E-state index is -0.685. The van der Waals surface area contributed by atoms with Gasteiger partial charge in [-0.1, -0.05) is 65.8 Å². The quantitative estimate of drug-likeness (QED) is 0.118. The van der Waals surface area contributed by atoms with Crippen LogP contribution in [0.2, 0.25) is 0 Å². The van der Waals surface area contributed by atoms with Crippen LogP contribution in [0.25, 0.3) is 0 Å². The van der Waals surface area contributed by atoms with Crippen LogP contribution >= 0.6 is 0 Å². The van der Waals surface area contributed by atoms with Crippen molar-refractivity contribution in [3.8, 4) is 11.5 Å². The molecule has 0 aromatic heterocycles. The van der Waals surface area contributed by atoms with Crippen LogP contribution in [-0.2, 0) is 29.9 Å². The number of hydrogen-bond donors (Lipinski definition) is 2. The summed E-state index contributed by atoms with van der Waals surface area (Å²) in [6.45, 7) is 31.4. The number of esters is 2. The van der Waals surface area contributed by atoms with Crippen molar-refractivity contribution in [3.63, 3.8) is 0 Å². The number of carbonyl (C=O) groups excluding carboxylic acids is 2. The van der Waals surface area contributed by atoms with Crippen molar-refractivity contribution >= 4 is 11.9 Å². The maximum absolute atomic E-state index is 13.0. The van der Waals surface area contributed by atoms with Crippen LogP contribution in [0.4, 0.5) is 0 Å². The highest BCUT2D eigenvalue weighted by atomic mass is 16.5. The Hall–Kier alpha value is -3.18. The van der Waals surface area contributed by atoms with Crippen molar-refractivity contribution in [1.29, 1.82) is 0 Å². The van der Waals surface area contributed by atoms with Crippen LogP contribution in [0.1, 0.15) is 159 Å². The summed E-state index contributed by atoms with van der Waals surface area (Å²) in [5, 5.41) is 22.1. The number of β-amino-alcohol motifs (C(OH)–C–C–N with tert-alkyl or cyclic N) is 2. The van der Waals surface area contributed by atoms with E-state index in [1.165, 1.54) is 11.1 Å². The molecule has 2 fully saturated rings. The van der Waals surface area contributed by atoms with Crippen molar-refractivity contribution in [3.05, 3.63) is 59.7 Å². The van der Waals surface area contributed by atoms with Gasteiger partial charge >= 0.3 is 11.9 Å². The highest BCUT2D eigenvalue weighted by Crippen LogP contribution is 2.41. The Morgan fingerprint density at radius 3 is 1.12 bits per heavy atom. The third-order valence-electron chi connectivity index (χ3n) is 12.6. The second-order valence-corrected chi connectivity index (χ2v) is 22.2. The largest absolute Gasteiger partial charge is 0.491 e. The van der Waals surface area contributed by atoms with Gasteiger partial charge in [-0.2, -0.15) is 0 Å². The van der Waals surface area contributed by atoms with Crippen molar-refractivity contribution in [2.75, 3.05) is 26.3 Å². The Kier molecular flexibility index (Phi) is 16.1. The van der Waals surface area contributed by atoms with Crippen molar-refractivity contribution in [1.82, 2.24) is 9.80 Å². The van der Waals surface area contributed by atoms with E-state index >= 15 is 0 Å². The minimum absolute atomic E-state index is 0.0627. The first-order valence-corrected chi connectivity index (χ1v) is 22.3. The van der Waals surface area contributed by atoms with Gasteiger partial charge in [0, 0.05) is 73.8 Å². The van der Waals surface area contributed by atoms with Crippen molar-refractivity contribution in [2.24, 2.45) is 0 Å². The average Bonchev–Trinajstić information content (AvgIpc) is 3.10. The van der Waals surface area contributed by atoms with Crippen LogP contribution in [0, 0.1) is 0 Å². The van der Waals surface area contributed by atoms with E-state index in [1.54, 1.807) is 0 Å². The number of hydrogen-bond acceptors (Lipinski definition) is 10. The third kappa shape index (κ3) is 14.2. The van der Waals surface area contributed by atoms with E-state index in [0.29, 0.717) is 51.6 Å². The fraction of sp³-hybridized carbons (Fsp3) is 0.720. The standard InChI is InChI=1S/C50H80N2O8/c1-45(2,3)35-19-23-39(24-20-35)57-33-37(53)31-51-47(7,8)27-41(28-48(51,9)10)59-43(55)17-15-16-18-44(56)60-42-29-49(11,12)52(50(13,14)30-42)32-38(54)34-58-40-25-21-36(22-26-40)46(4,5)6/h19-26,37-38,41-42,53-54H,15-18,27-34H2,1-14H3. The zero-order chi connectivity index (χ0) is 44.9. The van der Waals surface area contributed by atoms with Gasteiger partial charge in [-0.15, -0.1) is 0 Å². The zero-order valence-electron chi connectivity index (χ0n) is 39.7. The van der Waals surface area contributed by atoms with Crippen LogP contribution in [0.15, 0.2) is 48.5 Å². The average molecular weight is 837 g/mol. The Balaban J connectivity index is 1.16. The second-order valence-electron chi connectivity index (χ2n) is 22.2. The van der Waals surface area contributed by atoms with Gasteiger partial charge in [0.05, 0.1) is 0 Å². The molecule has 2 aliphatic rings. The molecular weight excluding hydrogens is 757 g/mol. The molecule has 2 atom stereocenters. The number of rotatable bonds is 17. The lowest BCUT2D eigenvalue weighted by atomic mass is 9.77. The topological polar surface area (TPSA) is 118 Å². The van der Waals surface area contributed by atoms with E-state index in [4.69, 9.17) is 18.9 Å². The van der Waals surface area contributed by atoms with Gasteiger partial charge < -0.3 is 29.2 Å². The summed E-state index contributed by atoms with van der Waals surface area (Å²) in [5.74, 6) is 0.978. The summed E-state index contributed by atoms with van der Waals surface area (Å²) in [6, 6.07) is 16.1. The minimum Gasteiger partial charge on any atom is -0.491 e. The molecule has 2 saturated heterocycles. The van der Waals surface area contributed by atoms with Gasteiger partial charge in [0.2, 0.25) is 0 Å². The molecule has 0 aliphatic carbocycles. The fourth-order valence-corrected chi connectivity index (χ4v) is 9.65. The molecule has 0 spiro atoms. The first kappa shape index (κ1) is 49.5. The third-order valence-corrected chi connectivity index (χ3v) is 12.6. The predicted octanol–water partition coefficient (Wildman–Crippen LogP) is 9.15. The molecule has 60 heavy (non-hydrogen) atoms. The summed E-state index contributed by atoms with van der Waals surface area (Å²) in [7, 11) is 0. The van der Waals surface area contributed by atoms with Gasteiger partial charge in [-0.05, 0) is 114 Å². The number of nitrogens with zero attached hydrogens (tertiary/aromatic N) is 2. The summed E-state index contributed by atoms with van der Waals surface area (Å²) < 4.78 is 24.0. The predicted molar refractivity (Wildman–Crippen MR) is 240 cm³/mol. The van der Waals surface area contributed by atoms with Crippen LogP contribution in [0.5, 0.6) is 11.5 Å². The molecule has 4 rings (SSSR count). The summed E-state index contributed by atoms with van der Waals surface area (Å²) in [6.07, 6.45) is 2.34. The molecule has 338 valence electrons. The summed E-state index contributed by atoms with van der Waals surface area (Å²) in [4.78, 5) is 30.7. The zero-order valence-corrected chi connectivity index (χ0v) is 39.7. The van der Waals surface area contributed by atoms with Crippen LogP contribution in [0.3, 0.4) is 0 Å². The number of ether oxygens (including phenoxy) is 4. The fourth-order valence-electron chi connectivity index (χ4n) is 9.65. The second kappa shape index (κ2) is 19.5. The van der Waals surface area contributed by atoms with Crippen molar-refractivity contribution in [2.45, 2.75) is 206 Å². The molecule has 0 amide bonds. The van der Waals surface area contributed by atoms with E-state index in [2.05, 4.69) is 131 Å². The molecular formula is C50H80N2O8. The number of likely N-dealkylation sites (tertiary alicyclic amines) is 2. The lowest BCUT2D eigenvalue weighted by Crippen LogP contribution is -2.64. The Bertz CT molecular complexity index is 1520. The molecule has 10 nitrogen and oxygen atoms in total. The molecule has 0 bridgehead atoms. The highest BCUT2D eigenvalue weighted by molar-refractivity contribution is 5.71. The van der Waals surface area contributed by atoms with Crippen LogP contribution < -0.4 is 9.47 Å². The van der Waals surface area contributed by atoms with Crippen LogP contribution in [-0.4, -0.2) is 105 Å². The maximum atomic E-state index is 13.0. The lowest BCUT2D eigenvalue weighted by molar-refractivity contribution is -0.164. The van der Waals surface area contributed by atoms with Crippen molar-refractivity contribution < 1.29 is 38.7 Å². The van der Waals surface area contributed by atoms with Gasteiger partial charge in [0.1, 0.15) is 49.1 Å². The Morgan fingerprint density at radius 1 is 0.567 bits per heavy atom. The molecule has 2 aromatic rings. The number of aliphatic hydroxyl groups is 2. The van der Waals surface area contributed by atoms with E-state index < -0.39 is 12.2 Å². The smallest absolute Gasteiger partial charge is 0.306 e. The number of aliphatic hydroxyl groups excluding tert-OH is 2. The maximum Gasteiger partial charge on any atom is 0.306 e. The Morgan fingerprint density at radius 2 is 0.850 bits per heavy atom. The summed E-state index contributed by atoms with van der Waals surface area (Å²) >= 11 is 0. The molecule has 10 heteroatoms. The lowest BCUT2D eigenvalue weighted by Gasteiger charge is -2.55. The van der Waals surface area contributed by atoms with E-state index in [9.17, 15) is 19.8 Å². The molecule has 0 saturated carbocycles. The van der Waals surface area contributed by atoms with E-state index in [0.717, 1.165) is 11.5 Å². The van der Waals surface area contributed by atoms with Gasteiger partial charge in [0.15, 0.2) is 0 Å². The number of carbonyl (C=O) groups is 2. The molecule has 2 N–H and O–H groups in total. The number of benzene rings is 2. The number of piperidine rings is 2. The van der Waals surface area contributed by atoms with E-state index in [1.807, 2.05) is 24.3 Å². The first-order chi connectivity index (χ1) is 27.6. The highest BCUT2D eigenvalue weighted by Gasteiger charge is 2.48. The molecule has 2 aromatic carbocycles. The molecule has 2 unspecified atom stereocenters. The van der Waals surface area contributed by atoms with Gasteiger partial charge in [-0.3, -0.25) is 19.4 Å². The SMILES string of the molecule is CC(C)(C)c1ccc(OCC(O)CN2C(C)(C)CC(OC(=O)CCCCC(=O)OC3CC(C)(C)N(CC(O)COc4ccc(C(C)(C)C)cc4)C(C)(C)C3)CC2(C)C)cc1. The summed E-state index contributed by atoms with van der Waals surface area (Å²) in [5.41, 5.74) is 1.30. The normalized spacial score (nSPS) is 20.9. The Labute approximate surface area is 362 Å². The van der Waals surface area contributed by atoms with Gasteiger partial charge in [0.25, 0.3) is 0 Å². The molecule has 0 radical (unpaired) electrons. The van der Waals surface area contributed by atoms with Gasteiger partial charge in [-0.25, -0.2) is 0 Å².